The number of H-pyrrole nitrogens is 1. The summed E-state index contributed by atoms with van der Waals surface area (Å²) >= 11 is 5.98. The van der Waals surface area contributed by atoms with Crippen molar-refractivity contribution in [3.8, 4) is 17.0 Å². The molecule has 0 atom stereocenters. The number of ether oxygens (including phenoxy) is 1. The number of aromatic nitrogens is 2. The van der Waals surface area contributed by atoms with E-state index in [2.05, 4.69) is 15.5 Å². The lowest BCUT2D eigenvalue weighted by Gasteiger charge is -2.14. The van der Waals surface area contributed by atoms with Gasteiger partial charge in [0.25, 0.3) is 5.91 Å². The lowest BCUT2D eigenvalue weighted by molar-refractivity contribution is -0.130. The Labute approximate surface area is 127 Å². The van der Waals surface area contributed by atoms with Gasteiger partial charge in [-0.25, -0.2) is 0 Å². The molecule has 2 rings (SSSR count). The monoisotopic (exact) mass is 309 g/mol. The Kier molecular flexibility index (Phi) is 4.20. The Hall–Kier alpha value is -2.05. The Balaban J connectivity index is 2.28. The molecule has 0 fully saturated rings. The average Bonchev–Trinajstić information content (AvgIpc) is 2.86. The van der Waals surface area contributed by atoms with E-state index in [0.29, 0.717) is 22.3 Å². The molecule has 7 heteroatoms. The van der Waals surface area contributed by atoms with Gasteiger partial charge in [0, 0.05) is 16.7 Å². The number of carbonyl (C=O) groups excluding carboxylic acids is 1. The van der Waals surface area contributed by atoms with Gasteiger partial charge in [0.1, 0.15) is 11.4 Å². The van der Waals surface area contributed by atoms with E-state index in [9.17, 15) is 9.90 Å². The zero-order chi connectivity index (χ0) is 15.6. The summed E-state index contributed by atoms with van der Waals surface area (Å²) in [6, 6.07) is 6.83. The number of rotatable bonds is 4. The summed E-state index contributed by atoms with van der Waals surface area (Å²) in [5.74, 6) is 0.390. The van der Waals surface area contributed by atoms with Crippen LogP contribution in [0.2, 0.25) is 5.02 Å². The Morgan fingerprint density at radius 1 is 1.43 bits per heavy atom. The van der Waals surface area contributed by atoms with Crippen LogP contribution in [0.15, 0.2) is 24.3 Å². The molecule has 1 amide bonds. The van der Waals surface area contributed by atoms with Crippen LogP contribution >= 0.6 is 11.6 Å². The fraction of sp³-hybridized carbons (Fsp3) is 0.286. The lowest BCUT2D eigenvalue weighted by Crippen LogP contribution is -2.36. The highest BCUT2D eigenvalue weighted by Crippen LogP contribution is 2.32. The fourth-order valence-electron chi connectivity index (χ4n) is 1.68. The van der Waals surface area contributed by atoms with Crippen LogP contribution in [0.5, 0.6) is 5.75 Å². The van der Waals surface area contributed by atoms with Crippen molar-refractivity contribution in [3.05, 3.63) is 29.3 Å². The van der Waals surface area contributed by atoms with Gasteiger partial charge < -0.3 is 15.2 Å². The average molecular weight is 310 g/mol. The smallest absolute Gasteiger partial charge is 0.256 e. The summed E-state index contributed by atoms with van der Waals surface area (Å²) in [5.41, 5.74) is -0.117. The number of aliphatic hydroxyl groups is 1. The summed E-state index contributed by atoms with van der Waals surface area (Å²) in [4.78, 5) is 11.7. The van der Waals surface area contributed by atoms with Gasteiger partial charge in [0.05, 0.1) is 12.8 Å². The van der Waals surface area contributed by atoms with Crippen molar-refractivity contribution in [2.75, 3.05) is 12.4 Å². The molecule has 1 heterocycles. The predicted molar refractivity (Wildman–Crippen MR) is 80.5 cm³/mol. The summed E-state index contributed by atoms with van der Waals surface area (Å²) in [7, 11) is 1.56. The van der Waals surface area contributed by atoms with Gasteiger partial charge in [-0.1, -0.05) is 11.6 Å². The van der Waals surface area contributed by atoms with Gasteiger partial charge in [0.15, 0.2) is 5.82 Å². The molecule has 0 spiro atoms. The third-order valence-electron chi connectivity index (χ3n) is 2.83. The molecule has 0 bridgehead atoms. The Morgan fingerprint density at radius 2 is 2.14 bits per heavy atom. The molecule has 1 aromatic carbocycles. The van der Waals surface area contributed by atoms with E-state index >= 15 is 0 Å². The van der Waals surface area contributed by atoms with Gasteiger partial charge in [-0.05, 0) is 32.0 Å². The maximum Gasteiger partial charge on any atom is 0.256 e. The van der Waals surface area contributed by atoms with E-state index < -0.39 is 11.5 Å². The number of halogens is 1. The second-order valence-electron chi connectivity index (χ2n) is 5.02. The minimum Gasteiger partial charge on any atom is -0.496 e. The number of amides is 1. The van der Waals surface area contributed by atoms with Crippen LogP contribution in [0.3, 0.4) is 0 Å². The molecule has 0 aliphatic rings. The molecular formula is C14H16ClN3O3. The molecule has 6 nitrogen and oxygen atoms in total. The topological polar surface area (TPSA) is 87.2 Å². The molecule has 0 saturated carbocycles. The normalized spacial score (nSPS) is 11.3. The van der Waals surface area contributed by atoms with E-state index in [1.807, 2.05) is 0 Å². The van der Waals surface area contributed by atoms with Crippen LogP contribution in [0.1, 0.15) is 13.8 Å². The molecule has 1 aromatic heterocycles. The van der Waals surface area contributed by atoms with Crippen LogP contribution < -0.4 is 10.1 Å². The molecule has 2 aromatic rings. The van der Waals surface area contributed by atoms with E-state index in [-0.39, 0.29) is 0 Å². The molecule has 0 radical (unpaired) electrons. The number of aromatic amines is 1. The van der Waals surface area contributed by atoms with Crippen LogP contribution in [-0.4, -0.2) is 33.9 Å². The summed E-state index contributed by atoms with van der Waals surface area (Å²) in [5, 5.41) is 19.5. The van der Waals surface area contributed by atoms with Gasteiger partial charge in [-0.15, -0.1) is 0 Å². The number of nitrogens with one attached hydrogen (secondary N) is 2. The fourth-order valence-corrected chi connectivity index (χ4v) is 1.86. The van der Waals surface area contributed by atoms with Crippen LogP contribution in [0.4, 0.5) is 5.82 Å². The summed E-state index contributed by atoms with van der Waals surface area (Å²) in [6.07, 6.45) is 0. The van der Waals surface area contributed by atoms with Crippen molar-refractivity contribution in [3.63, 3.8) is 0 Å². The van der Waals surface area contributed by atoms with Crippen molar-refractivity contribution in [1.29, 1.82) is 0 Å². The number of methoxy groups -OCH3 is 1. The summed E-state index contributed by atoms with van der Waals surface area (Å²) in [6.45, 7) is 2.80. The molecule has 0 unspecified atom stereocenters. The number of anilines is 1. The van der Waals surface area contributed by atoms with Crippen molar-refractivity contribution >= 4 is 23.3 Å². The van der Waals surface area contributed by atoms with Gasteiger partial charge >= 0.3 is 0 Å². The third kappa shape index (κ3) is 3.53. The van der Waals surface area contributed by atoms with Gasteiger partial charge in [-0.3, -0.25) is 9.89 Å². The molecule has 3 N–H and O–H groups in total. The maximum absolute atomic E-state index is 11.7. The molecule has 0 aliphatic carbocycles. The second kappa shape index (κ2) is 5.75. The molecule has 0 aliphatic heterocycles. The quantitative estimate of drug-likeness (QED) is 0.809. The number of hydrogen-bond acceptors (Lipinski definition) is 4. The highest BCUT2D eigenvalue weighted by molar-refractivity contribution is 6.31. The van der Waals surface area contributed by atoms with Crippen LogP contribution in [0.25, 0.3) is 11.3 Å². The van der Waals surface area contributed by atoms with Crippen molar-refractivity contribution in [2.24, 2.45) is 0 Å². The van der Waals surface area contributed by atoms with Crippen molar-refractivity contribution in [2.45, 2.75) is 19.4 Å². The van der Waals surface area contributed by atoms with E-state index in [4.69, 9.17) is 16.3 Å². The number of benzene rings is 1. The van der Waals surface area contributed by atoms with Crippen LogP contribution in [-0.2, 0) is 4.79 Å². The largest absolute Gasteiger partial charge is 0.496 e. The Morgan fingerprint density at radius 3 is 2.76 bits per heavy atom. The zero-order valence-electron chi connectivity index (χ0n) is 11.9. The molecule has 0 saturated heterocycles. The second-order valence-corrected chi connectivity index (χ2v) is 5.46. The number of hydrogen-bond donors (Lipinski definition) is 3. The highest BCUT2D eigenvalue weighted by atomic mass is 35.5. The molecular weight excluding hydrogens is 294 g/mol. The lowest BCUT2D eigenvalue weighted by atomic mass is 10.1. The van der Waals surface area contributed by atoms with Gasteiger partial charge in [0.2, 0.25) is 0 Å². The van der Waals surface area contributed by atoms with E-state index in [1.165, 1.54) is 13.8 Å². The first-order valence-electron chi connectivity index (χ1n) is 6.24. The third-order valence-corrected chi connectivity index (χ3v) is 3.06. The van der Waals surface area contributed by atoms with Gasteiger partial charge in [-0.2, -0.15) is 5.10 Å². The first-order chi connectivity index (χ1) is 9.81. The number of nitrogens with zero attached hydrogens (tertiary/aromatic N) is 1. The standard InChI is InChI=1S/C14H16ClN3O3/c1-14(2,20)13(19)16-12-7-10(17-18-12)9-6-8(15)4-5-11(9)21-3/h4-7,20H,1-3H3,(H2,16,17,18,19). The Bertz CT molecular complexity index is 662. The minimum absolute atomic E-state index is 0.305. The molecule has 21 heavy (non-hydrogen) atoms. The first-order valence-corrected chi connectivity index (χ1v) is 6.62. The maximum atomic E-state index is 11.7. The van der Waals surface area contributed by atoms with Crippen LogP contribution in [0, 0.1) is 0 Å². The van der Waals surface area contributed by atoms with Crippen molar-refractivity contribution < 1.29 is 14.6 Å². The molecule has 112 valence electrons. The number of carbonyl (C=O) groups is 1. The minimum atomic E-state index is -1.48. The first kappa shape index (κ1) is 15.3. The summed E-state index contributed by atoms with van der Waals surface area (Å²) < 4.78 is 5.27. The van der Waals surface area contributed by atoms with Crippen molar-refractivity contribution in [1.82, 2.24) is 10.2 Å². The van der Waals surface area contributed by atoms with E-state index in [1.54, 1.807) is 31.4 Å². The zero-order valence-corrected chi connectivity index (χ0v) is 12.7. The highest BCUT2D eigenvalue weighted by Gasteiger charge is 2.24. The predicted octanol–water partition coefficient (Wildman–Crippen LogP) is 2.45. The SMILES string of the molecule is COc1ccc(Cl)cc1-c1cc(NC(=O)C(C)(C)O)n[nH]1. The van der Waals surface area contributed by atoms with E-state index in [0.717, 1.165) is 5.56 Å².